The van der Waals surface area contributed by atoms with Crippen molar-refractivity contribution < 1.29 is 13.5 Å². The van der Waals surface area contributed by atoms with Gasteiger partial charge in [0.1, 0.15) is 10.6 Å². The molecule has 4 nitrogen and oxygen atoms in total. The number of phenolic OH excluding ortho intramolecular Hbond substituents is 1. The first-order valence-corrected chi connectivity index (χ1v) is 8.17. The monoisotopic (exact) mass is 325 g/mol. The molecule has 0 amide bonds. The first-order valence-electron chi connectivity index (χ1n) is 6.35. The molecule has 0 fully saturated rings. The van der Waals surface area contributed by atoms with Crippen LogP contribution < -0.4 is 0 Å². The van der Waals surface area contributed by atoms with Gasteiger partial charge in [0, 0.05) is 13.1 Å². The third-order valence-corrected chi connectivity index (χ3v) is 5.84. The van der Waals surface area contributed by atoms with Crippen LogP contribution in [0.1, 0.15) is 18.5 Å². The molecule has 0 aliphatic heterocycles. The van der Waals surface area contributed by atoms with Crippen molar-refractivity contribution in [3.63, 3.8) is 0 Å². The van der Waals surface area contributed by atoms with Gasteiger partial charge in [0.25, 0.3) is 0 Å². The lowest BCUT2D eigenvalue weighted by atomic mass is 10.1. The molecule has 2 aromatic rings. The Kier molecular flexibility index (Phi) is 4.56. The van der Waals surface area contributed by atoms with Gasteiger partial charge < -0.3 is 5.11 Å². The van der Waals surface area contributed by atoms with Gasteiger partial charge >= 0.3 is 0 Å². The zero-order valence-electron chi connectivity index (χ0n) is 11.7. The Morgan fingerprint density at radius 1 is 1.10 bits per heavy atom. The summed E-state index contributed by atoms with van der Waals surface area (Å²) < 4.78 is 26.5. The first kappa shape index (κ1) is 15.8. The molecular weight excluding hydrogens is 310 g/mol. The zero-order valence-corrected chi connectivity index (χ0v) is 13.3. The quantitative estimate of drug-likeness (QED) is 0.937. The van der Waals surface area contributed by atoms with Crippen LogP contribution in [0, 0.1) is 0 Å². The minimum atomic E-state index is -3.69. The number of sulfonamides is 1. The second kappa shape index (κ2) is 6.05. The van der Waals surface area contributed by atoms with Crippen LogP contribution in [-0.2, 0) is 10.0 Å². The molecule has 0 bridgehead atoms. The summed E-state index contributed by atoms with van der Waals surface area (Å²) in [4.78, 5) is 0.0831. The van der Waals surface area contributed by atoms with Crippen molar-refractivity contribution in [1.29, 1.82) is 0 Å². The maximum absolute atomic E-state index is 12.6. The molecule has 112 valence electrons. The maximum atomic E-state index is 12.6. The fourth-order valence-electron chi connectivity index (χ4n) is 1.98. The van der Waals surface area contributed by atoms with Crippen molar-refractivity contribution in [2.45, 2.75) is 17.9 Å². The lowest BCUT2D eigenvalue weighted by Gasteiger charge is -2.25. The van der Waals surface area contributed by atoms with E-state index in [2.05, 4.69) is 0 Å². The highest BCUT2D eigenvalue weighted by atomic mass is 35.5. The molecule has 21 heavy (non-hydrogen) atoms. The van der Waals surface area contributed by atoms with Gasteiger partial charge in [-0.2, -0.15) is 4.31 Å². The van der Waals surface area contributed by atoms with E-state index in [1.807, 2.05) is 0 Å². The average molecular weight is 326 g/mol. The number of hydrogen-bond acceptors (Lipinski definition) is 3. The minimum Gasteiger partial charge on any atom is -0.508 e. The summed E-state index contributed by atoms with van der Waals surface area (Å²) in [7, 11) is -2.18. The molecule has 1 N–H and O–H groups in total. The van der Waals surface area contributed by atoms with Crippen molar-refractivity contribution >= 4 is 21.6 Å². The Morgan fingerprint density at radius 2 is 1.67 bits per heavy atom. The summed E-state index contributed by atoms with van der Waals surface area (Å²) in [6, 6.07) is 12.4. The van der Waals surface area contributed by atoms with Crippen LogP contribution in [0.2, 0.25) is 5.02 Å². The van der Waals surface area contributed by atoms with Crippen LogP contribution in [0.5, 0.6) is 5.75 Å². The lowest BCUT2D eigenvalue weighted by Crippen LogP contribution is -2.30. The summed E-state index contributed by atoms with van der Waals surface area (Å²) >= 11 is 5.99. The van der Waals surface area contributed by atoms with E-state index in [0.29, 0.717) is 0 Å². The van der Waals surface area contributed by atoms with E-state index in [-0.39, 0.29) is 21.7 Å². The van der Waals surface area contributed by atoms with E-state index >= 15 is 0 Å². The zero-order chi connectivity index (χ0) is 15.6. The molecule has 2 rings (SSSR count). The van der Waals surface area contributed by atoms with Gasteiger partial charge in [-0.05, 0) is 36.8 Å². The first-order chi connectivity index (χ1) is 9.84. The van der Waals surface area contributed by atoms with Crippen LogP contribution in [0.15, 0.2) is 53.4 Å². The molecule has 0 aliphatic rings. The second-order valence-corrected chi connectivity index (χ2v) is 7.09. The van der Waals surface area contributed by atoms with Crippen molar-refractivity contribution in [3.05, 3.63) is 59.1 Å². The molecule has 0 radical (unpaired) electrons. The molecule has 0 aliphatic carbocycles. The number of hydrogen-bond donors (Lipinski definition) is 1. The number of aromatic hydroxyl groups is 1. The molecule has 2 aromatic carbocycles. The molecule has 0 saturated carbocycles. The van der Waals surface area contributed by atoms with E-state index in [1.165, 1.54) is 29.6 Å². The van der Waals surface area contributed by atoms with E-state index in [0.717, 1.165) is 5.56 Å². The third-order valence-electron chi connectivity index (χ3n) is 3.41. The van der Waals surface area contributed by atoms with Gasteiger partial charge in [0.15, 0.2) is 0 Å². The van der Waals surface area contributed by atoms with E-state index < -0.39 is 10.0 Å². The normalized spacial score (nSPS) is 13.3. The lowest BCUT2D eigenvalue weighted by molar-refractivity contribution is 0.398. The number of phenols is 1. The second-order valence-electron chi connectivity index (χ2n) is 4.72. The van der Waals surface area contributed by atoms with Crippen LogP contribution in [0.4, 0.5) is 0 Å². The molecule has 0 heterocycles. The highest BCUT2D eigenvalue weighted by Gasteiger charge is 2.27. The predicted molar refractivity (Wildman–Crippen MR) is 82.9 cm³/mol. The molecule has 1 unspecified atom stereocenters. The summed E-state index contributed by atoms with van der Waals surface area (Å²) in [6.07, 6.45) is 0. The van der Waals surface area contributed by atoms with Gasteiger partial charge in [-0.3, -0.25) is 0 Å². The number of rotatable bonds is 4. The molecule has 1 atom stereocenters. The van der Waals surface area contributed by atoms with Crippen molar-refractivity contribution in [2.75, 3.05) is 7.05 Å². The van der Waals surface area contributed by atoms with Crippen molar-refractivity contribution in [3.8, 4) is 5.75 Å². The number of benzene rings is 2. The summed E-state index contributed by atoms with van der Waals surface area (Å²) in [5.74, 6) is 0.141. The summed E-state index contributed by atoms with van der Waals surface area (Å²) in [5.41, 5.74) is 0.783. The Morgan fingerprint density at radius 3 is 2.24 bits per heavy atom. The van der Waals surface area contributed by atoms with Gasteiger partial charge in [-0.15, -0.1) is 0 Å². The number of nitrogens with zero attached hydrogens (tertiary/aromatic N) is 1. The van der Waals surface area contributed by atoms with Crippen LogP contribution in [0.3, 0.4) is 0 Å². The van der Waals surface area contributed by atoms with E-state index in [9.17, 15) is 13.5 Å². The standard InChI is InChI=1S/C15H16ClNO3S/c1-11(12-7-9-13(18)10-8-12)17(2)21(19,20)15-6-4-3-5-14(15)16/h3-11,18H,1-2H3. The number of halogens is 1. The fourth-order valence-corrected chi connectivity index (χ4v) is 3.82. The smallest absolute Gasteiger partial charge is 0.244 e. The molecule has 0 aromatic heterocycles. The predicted octanol–water partition coefficient (Wildman–Crippen LogP) is 3.43. The molecule has 6 heteroatoms. The molecule has 0 spiro atoms. The average Bonchev–Trinajstić information content (AvgIpc) is 2.46. The highest BCUT2D eigenvalue weighted by molar-refractivity contribution is 7.89. The van der Waals surface area contributed by atoms with E-state index in [4.69, 9.17) is 11.6 Å². The van der Waals surface area contributed by atoms with E-state index in [1.54, 1.807) is 37.3 Å². The third kappa shape index (κ3) is 3.20. The SMILES string of the molecule is CC(c1ccc(O)cc1)N(C)S(=O)(=O)c1ccccc1Cl. The van der Waals surface area contributed by atoms with Gasteiger partial charge in [-0.25, -0.2) is 8.42 Å². The molecular formula is C15H16ClNO3S. The Labute approximate surface area is 129 Å². The molecule has 0 saturated heterocycles. The van der Waals surface area contributed by atoms with Crippen LogP contribution in [0.25, 0.3) is 0 Å². The Hall–Kier alpha value is -1.56. The van der Waals surface area contributed by atoms with Crippen molar-refractivity contribution in [2.24, 2.45) is 0 Å². The van der Waals surface area contributed by atoms with Crippen molar-refractivity contribution in [1.82, 2.24) is 4.31 Å². The summed E-state index contributed by atoms with van der Waals surface area (Å²) in [5, 5.41) is 9.50. The summed E-state index contributed by atoms with van der Waals surface area (Å²) in [6.45, 7) is 1.78. The van der Waals surface area contributed by atoms with Gasteiger partial charge in [-0.1, -0.05) is 35.9 Å². The van der Waals surface area contributed by atoms with Crippen LogP contribution in [-0.4, -0.2) is 24.9 Å². The van der Waals surface area contributed by atoms with Gasteiger partial charge in [0.2, 0.25) is 10.0 Å². The maximum Gasteiger partial charge on any atom is 0.244 e. The topological polar surface area (TPSA) is 57.6 Å². The fraction of sp³-hybridized carbons (Fsp3) is 0.200. The Bertz CT molecular complexity index is 729. The van der Waals surface area contributed by atoms with Crippen LogP contribution >= 0.6 is 11.6 Å². The largest absolute Gasteiger partial charge is 0.508 e. The minimum absolute atomic E-state index is 0.0831. The highest BCUT2D eigenvalue weighted by Crippen LogP contribution is 2.29. The van der Waals surface area contributed by atoms with Gasteiger partial charge in [0.05, 0.1) is 5.02 Å². The Balaban J connectivity index is 2.36.